The van der Waals surface area contributed by atoms with E-state index in [1.807, 2.05) is 12.4 Å². The molecule has 0 saturated carbocycles. The lowest BCUT2D eigenvalue weighted by Crippen LogP contribution is -2.37. The first-order valence-corrected chi connectivity index (χ1v) is 7.77. The van der Waals surface area contributed by atoms with Crippen LogP contribution in [0.15, 0.2) is 12.4 Å². The van der Waals surface area contributed by atoms with E-state index in [0.717, 1.165) is 57.1 Å². The number of β-amino-alcohol motifs (C(OH)–C–C–N with tert-alkyl or cyclic N) is 1. The molecule has 1 N–H and O–H groups in total. The molecule has 1 unspecified atom stereocenters. The van der Waals surface area contributed by atoms with E-state index in [1.165, 1.54) is 19.3 Å². The van der Waals surface area contributed by atoms with Crippen LogP contribution in [0.5, 0.6) is 0 Å². The van der Waals surface area contributed by atoms with Gasteiger partial charge >= 0.3 is 0 Å². The van der Waals surface area contributed by atoms with Crippen molar-refractivity contribution in [3.05, 3.63) is 18.0 Å². The summed E-state index contributed by atoms with van der Waals surface area (Å²) in [5.41, 5.74) is 1.14. The number of aromatic nitrogens is 2. The smallest absolute Gasteiger partial charge is 0.225 e. The maximum atomic E-state index is 9.69. The largest absolute Gasteiger partial charge is 0.392 e. The number of aliphatic hydroxyl groups is 1. The monoisotopic (exact) mass is 276 g/mol. The number of hydrogen-bond donors (Lipinski definition) is 1. The molecular weight excluding hydrogens is 252 g/mol. The van der Waals surface area contributed by atoms with Crippen LogP contribution in [0.3, 0.4) is 0 Å². The van der Waals surface area contributed by atoms with E-state index in [1.54, 1.807) is 0 Å². The van der Waals surface area contributed by atoms with Crippen molar-refractivity contribution in [2.24, 2.45) is 0 Å². The molecule has 5 heteroatoms. The number of piperidine rings is 2. The third kappa shape index (κ3) is 3.46. The van der Waals surface area contributed by atoms with E-state index < -0.39 is 0 Å². The molecule has 3 heterocycles. The number of nitrogens with zero attached hydrogens (tertiary/aromatic N) is 4. The number of anilines is 1. The van der Waals surface area contributed by atoms with Crippen LogP contribution in [0.2, 0.25) is 0 Å². The molecule has 0 bridgehead atoms. The fourth-order valence-corrected chi connectivity index (χ4v) is 3.12. The molecule has 2 aliphatic heterocycles. The summed E-state index contributed by atoms with van der Waals surface area (Å²) in [5, 5.41) is 9.69. The van der Waals surface area contributed by atoms with Crippen molar-refractivity contribution in [1.82, 2.24) is 14.9 Å². The highest BCUT2D eigenvalue weighted by atomic mass is 16.3. The van der Waals surface area contributed by atoms with E-state index in [-0.39, 0.29) is 6.10 Å². The number of rotatable bonds is 3. The topological polar surface area (TPSA) is 52.5 Å². The standard InChI is InChI=1S/C15H24N4O/c20-14-5-4-6-18(12-14)11-13-9-16-15(17-10-13)19-7-2-1-3-8-19/h9-10,14,20H,1-8,11-12H2. The van der Waals surface area contributed by atoms with Gasteiger partial charge in [0.2, 0.25) is 5.95 Å². The van der Waals surface area contributed by atoms with E-state index in [4.69, 9.17) is 0 Å². The Morgan fingerprint density at radius 2 is 1.80 bits per heavy atom. The van der Waals surface area contributed by atoms with Gasteiger partial charge in [-0.1, -0.05) is 0 Å². The van der Waals surface area contributed by atoms with Gasteiger partial charge in [-0.25, -0.2) is 9.97 Å². The quantitative estimate of drug-likeness (QED) is 0.905. The van der Waals surface area contributed by atoms with Crippen LogP contribution in [0.25, 0.3) is 0 Å². The van der Waals surface area contributed by atoms with Gasteiger partial charge in [-0.2, -0.15) is 0 Å². The van der Waals surface area contributed by atoms with Crippen molar-refractivity contribution in [1.29, 1.82) is 0 Å². The fourth-order valence-electron chi connectivity index (χ4n) is 3.12. The first-order chi connectivity index (χ1) is 9.81. The van der Waals surface area contributed by atoms with Gasteiger partial charge in [0.05, 0.1) is 6.10 Å². The fraction of sp³-hybridized carbons (Fsp3) is 0.733. The predicted octanol–water partition coefficient (Wildman–Crippen LogP) is 1.42. The van der Waals surface area contributed by atoms with Crippen molar-refractivity contribution in [3.63, 3.8) is 0 Å². The molecule has 0 aliphatic carbocycles. The number of hydrogen-bond acceptors (Lipinski definition) is 5. The lowest BCUT2D eigenvalue weighted by atomic mass is 10.1. The third-order valence-corrected chi connectivity index (χ3v) is 4.22. The minimum absolute atomic E-state index is 0.169. The molecule has 1 aromatic rings. The van der Waals surface area contributed by atoms with Gasteiger partial charge in [-0.3, -0.25) is 4.90 Å². The Labute approximate surface area is 120 Å². The molecule has 0 amide bonds. The summed E-state index contributed by atoms with van der Waals surface area (Å²) in [4.78, 5) is 13.6. The molecule has 0 aromatic carbocycles. The average Bonchev–Trinajstić information content (AvgIpc) is 2.49. The third-order valence-electron chi connectivity index (χ3n) is 4.22. The molecule has 110 valence electrons. The molecule has 2 fully saturated rings. The Morgan fingerprint density at radius 1 is 1.05 bits per heavy atom. The summed E-state index contributed by atoms with van der Waals surface area (Å²) in [6.45, 7) is 4.84. The Morgan fingerprint density at radius 3 is 2.50 bits per heavy atom. The van der Waals surface area contributed by atoms with Gasteiger partial charge in [0.25, 0.3) is 0 Å². The average molecular weight is 276 g/mol. The Hall–Kier alpha value is -1.20. The maximum absolute atomic E-state index is 9.69. The number of aliphatic hydroxyl groups excluding tert-OH is 1. The normalized spacial score (nSPS) is 24.9. The van der Waals surface area contributed by atoms with Crippen molar-refractivity contribution in [3.8, 4) is 0 Å². The van der Waals surface area contributed by atoms with Gasteiger partial charge in [0, 0.05) is 44.1 Å². The Balaban J connectivity index is 1.58. The molecule has 5 nitrogen and oxygen atoms in total. The van der Waals surface area contributed by atoms with Gasteiger partial charge in [0.1, 0.15) is 0 Å². The van der Waals surface area contributed by atoms with Crippen molar-refractivity contribution < 1.29 is 5.11 Å². The van der Waals surface area contributed by atoms with Gasteiger partial charge in [-0.15, -0.1) is 0 Å². The first-order valence-electron chi connectivity index (χ1n) is 7.77. The summed E-state index contributed by atoms with van der Waals surface area (Å²) in [6.07, 6.45) is 9.54. The van der Waals surface area contributed by atoms with Gasteiger partial charge in [-0.05, 0) is 38.6 Å². The highest BCUT2D eigenvalue weighted by Crippen LogP contribution is 2.16. The minimum atomic E-state index is -0.169. The van der Waals surface area contributed by atoms with E-state index in [2.05, 4.69) is 19.8 Å². The van der Waals surface area contributed by atoms with Crippen LogP contribution < -0.4 is 4.90 Å². The molecule has 2 saturated heterocycles. The highest BCUT2D eigenvalue weighted by molar-refractivity contribution is 5.30. The summed E-state index contributed by atoms with van der Waals surface area (Å²) < 4.78 is 0. The maximum Gasteiger partial charge on any atom is 0.225 e. The van der Waals surface area contributed by atoms with E-state index >= 15 is 0 Å². The molecule has 1 aromatic heterocycles. The number of likely N-dealkylation sites (tertiary alicyclic amines) is 1. The SMILES string of the molecule is OC1CCCN(Cc2cnc(N3CCCCC3)nc2)C1. The zero-order valence-corrected chi connectivity index (χ0v) is 12.0. The second-order valence-corrected chi connectivity index (χ2v) is 5.97. The van der Waals surface area contributed by atoms with Crippen LogP contribution in [0.1, 0.15) is 37.7 Å². The molecular formula is C15H24N4O. The van der Waals surface area contributed by atoms with Crippen molar-refractivity contribution >= 4 is 5.95 Å². The van der Waals surface area contributed by atoms with Crippen LogP contribution in [-0.4, -0.2) is 52.3 Å². The van der Waals surface area contributed by atoms with Crippen molar-refractivity contribution in [2.45, 2.75) is 44.8 Å². The Bertz CT molecular complexity index is 416. The zero-order valence-electron chi connectivity index (χ0n) is 12.0. The zero-order chi connectivity index (χ0) is 13.8. The molecule has 0 radical (unpaired) electrons. The van der Waals surface area contributed by atoms with Crippen LogP contribution in [-0.2, 0) is 6.54 Å². The summed E-state index contributed by atoms with van der Waals surface area (Å²) in [6, 6.07) is 0. The van der Waals surface area contributed by atoms with Crippen LogP contribution in [0.4, 0.5) is 5.95 Å². The van der Waals surface area contributed by atoms with Gasteiger partial charge in [0.15, 0.2) is 0 Å². The molecule has 3 rings (SSSR count). The Kier molecular flexibility index (Phi) is 4.47. The summed E-state index contributed by atoms with van der Waals surface area (Å²) in [5.74, 6) is 0.868. The predicted molar refractivity (Wildman–Crippen MR) is 78.6 cm³/mol. The van der Waals surface area contributed by atoms with E-state index in [9.17, 15) is 5.11 Å². The molecule has 1 atom stereocenters. The van der Waals surface area contributed by atoms with E-state index in [0.29, 0.717) is 0 Å². The first kappa shape index (κ1) is 13.8. The molecule has 2 aliphatic rings. The second-order valence-electron chi connectivity index (χ2n) is 5.97. The summed E-state index contributed by atoms with van der Waals surface area (Å²) in [7, 11) is 0. The minimum Gasteiger partial charge on any atom is -0.392 e. The second kappa shape index (κ2) is 6.50. The lowest BCUT2D eigenvalue weighted by Gasteiger charge is -2.30. The van der Waals surface area contributed by atoms with Gasteiger partial charge < -0.3 is 10.0 Å². The molecule has 0 spiro atoms. The lowest BCUT2D eigenvalue weighted by molar-refractivity contribution is 0.0667. The summed E-state index contributed by atoms with van der Waals surface area (Å²) >= 11 is 0. The highest BCUT2D eigenvalue weighted by Gasteiger charge is 2.18. The van der Waals surface area contributed by atoms with Crippen LogP contribution in [0, 0.1) is 0 Å². The molecule has 20 heavy (non-hydrogen) atoms. The van der Waals surface area contributed by atoms with Crippen LogP contribution >= 0.6 is 0 Å². The van der Waals surface area contributed by atoms with Crippen molar-refractivity contribution in [2.75, 3.05) is 31.1 Å².